The maximum absolute atomic E-state index is 11.6. The second-order valence-electron chi connectivity index (χ2n) is 6.18. The summed E-state index contributed by atoms with van der Waals surface area (Å²) in [5.41, 5.74) is 0. The molecule has 6 nitrogen and oxygen atoms in total. The zero-order valence-electron chi connectivity index (χ0n) is 13.7. The Bertz CT molecular complexity index is 557. The maximum Gasteiger partial charge on any atom is 0.273 e. The molecule has 0 aromatic heterocycles. The van der Waals surface area contributed by atoms with Crippen LogP contribution in [0.1, 0.15) is 79.6 Å². The Morgan fingerprint density at radius 3 is 1.57 bits per heavy atom. The Labute approximate surface area is 141 Å². The topological polar surface area (TPSA) is 97.7 Å². The molecule has 8 heteroatoms. The number of rotatable bonds is 8. The molecule has 0 unspecified atom stereocenters. The van der Waals surface area contributed by atoms with Crippen molar-refractivity contribution in [2.75, 3.05) is 6.61 Å². The summed E-state index contributed by atoms with van der Waals surface area (Å²) in [6.07, 6.45) is 5.81. The van der Waals surface area contributed by atoms with Gasteiger partial charge in [0.2, 0.25) is 0 Å². The molecule has 140 valence electrons. The molecule has 0 heterocycles. The van der Waals surface area contributed by atoms with Gasteiger partial charge in [0.15, 0.2) is 0 Å². The molecule has 2 aliphatic carbocycles. The van der Waals surface area contributed by atoms with Gasteiger partial charge in [-0.15, -0.1) is 0 Å². The Morgan fingerprint density at radius 1 is 0.913 bits per heavy atom. The van der Waals surface area contributed by atoms with Crippen LogP contribution in [0.25, 0.3) is 0 Å². The minimum absolute atomic E-state index is 0. The highest BCUT2D eigenvalue weighted by atomic mass is 32.2. The largest absolute Gasteiger partial charge is 0.285 e. The molecule has 1 N–H and O–H groups in total. The molecular formula is C15H32O6S2. The molecule has 0 spiro atoms. The van der Waals surface area contributed by atoms with Crippen LogP contribution < -0.4 is 0 Å². The summed E-state index contributed by atoms with van der Waals surface area (Å²) >= 11 is 0. The molecular weight excluding hydrogens is 340 g/mol. The summed E-state index contributed by atoms with van der Waals surface area (Å²) in [5, 5.41) is 0. The van der Waals surface area contributed by atoms with Crippen LogP contribution in [0.2, 0.25) is 0 Å². The zero-order chi connectivity index (χ0) is 17.1. The van der Waals surface area contributed by atoms with Crippen LogP contribution in [0.3, 0.4) is 0 Å². The fraction of sp³-hybridized carbons (Fsp3) is 1.00. The average molecular weight is 373 g/mol. The van der Waals surface area contributed by atoms with Crippen LogP contribution in [0.4, 0.5) is 0 Å². The van der Waals surface area contributed by atoms with E-state index in [1.165, 1.54) is 0 Å². The molecule has 0 aromatic carbocycles. The Morgan fingerprint density at radius 2 is 1.35 bits per heavy atom. The van der Waals surface area contributed by atoms with Crippen LogP contribution in [-0.2, 0) is 24.4 Å². The molecule has 2 aliphatic rings. The second kappa shape index (κ2) is 8.27. The molecule has 0 radical (unpaired) electrons. The number of unbranched alkanes of at least 4 members (excludes halogenated alkanes) is 1. The normalized spacial score (nSPS) is 20.7. The van der Waals surface area contributed by atoms with Crippen molar-refractivity contribution in [3.05, 3.63) is 0 Å². The van der Waals surface area contributed by atoms with E-state index in [1.807, 2.05) is 13.8 Å². The maximum atomic E-state index is 11.6. The summed E-state index contributed by atoms with van der Waals surface area (Å²) in [6.45, 7) is 6.05. The standard InChI is InChI=1S/C9H18O3S.C5H10O3S.CH4/c1-3-5-8-12-13(10,11)9(4-2)6-7-9;1-2-5(3-4-5)9(6,7)8;/h3-8H2,1-2H3;2-4H2,1H3,(H,6,7,8);1H4. The van der Waals surface area contributed by atoms with Gasteiger partial charge >= 0.3 is 0 Å². The van der Waals surface area contributed by atoms with E-state index in [4.69, 9.17) is 8.74 Å². The van der Waals surface area contributed by atoms with Gasteiger partial charge in [-0.2, -0.15) is 16.8 Å². The molecule has 2 fully saturated rings. The van der Waals surface area contributed by atoms with Gasteiger partial charge < -0.3 is 0 Å². The fourth-order valence-corrected chi connectivity index (χ4v) is 4.82. The monoisotopic (exact) mass is 372 g/mol. The van der Waals surface area contributed by atoms with Crippen molar-refractivity contribution in [1.82, 2.24) is 0 Å². The lowest BCUT2D eigenvalue weighted by Gasteiger charge is -2.13. The zero-order valence-corrected chi connectivity index (χ0v) is 15.3. The predicted molar refractivity (Wildman–Crippen MR) is 92.6 cm³/mol. The molecule has 0 saturated heterocycles. The molecule has 0 bridgehead atoms. The van der Waals surface area contributed by atoms with Gasteiger partial charge in [0, 0.05) is 0 Å². The smallest absolute Gasteiger partial charge is 0.273 e. The summed E-state index contributed by atoms with van der Waals surface area (Å²) in [7, 11) is -7.01. The minimum atomic E-state index is -3.74. The van der Waals surface area contributed by atoms with E-state index in [9.17, 15) is 16.8 Å². The van der Waals surface area contributed by atoms with Crippen molar-refractivity contribution < 1.29 is 25.6 Å². The van der Waals surface area contributed by atoms with E-state index < -0.39 is 29.7 Å². The molecule has 2 saturated carbocycles. The summed E-state index contributed by atoms with van der Waals surface area (Å²) in [5.74, 6) is 0. The lowest BCUT2D eigenvalue weighted by atomic mass is 10.3. The quantitative estimate of drug-likeness (QED) is 0.398. The molecule has 0 aromatic rings. The van der Waals surface area contributed by atoms with Crippen molar-refractivity contribution in [1.29, 1.82) is 0 Å². The molecule has 0 amide bonds. The highest BCUT2D eigenvalue weighted by Gasteiger charge is 2.54. The first kappa shape index (κ1) is 22.8. The van der Waals surface area contributed by atoms with Gasteiger partial charge in [0.1, 0.15) is 0 Å². The summed E-state index contributed by atoms with van der Waals surface area (Å²) < 4.78 is 56.5. The molecule has 23 heavy (non-hydrogen) atoms. The predicted octanol–water partition coefficient (Wildman–Crippen LogP) is 3.53. The first-order valence-electron chi connectivity index (χ1n) is 7.96. The summed E-state index contributed by atoms with van der Waals surface area (Å²) in [4.78, 5) is 0. The van der Waals surface area contributed by atoms with E-state index >= 15 is 0 Å². The third kappa shape index (κ3) is 5.41. The van der Waals surface area contributed by atoms with Gasteiger partial charge in [-0.25, -0.2) is 0 Å². The first-order chi connectivity index (χ1) is 10.1. The summed E-state index contributed by atoms with van der Waals surface area (Å²) in [6, 6.07) is 0. The molecule has 0 aliphatic heterocycles. The van der Waals surface area contributed by atoms with Crippen LogP contribution in [-0.4, -0.2) is 37.5 Å². The van der Waals surface area contributed by atoms with Gasteiger partial charge in [0.05, 0.1) is 16.1 Å². The Balaban J connectivity index is 0.000000427. The van der Waals surface area contributed by atoms with E-state index in [0.29, 0.717) is 32.3 Å². The van der Waals surface area contributed by atoms with E-state index in [1.54, 1.807) is 6.92 Å². The molecule has 0 atom stereocenters. The second-order valence-corrected chi connectivity index (χ2v) is 10.0. The third-order valence-electron chi connectivity index (χ3n) is 4.72. The lowest BCUT2D eigenvalue weighted by molar-refractivity contribution is 0.302. The first-order valence-corrected chi connectivity index (χ1v) is 10.8. The van der Waals surface area contributed by atoms with Crippen LogP contribution in [0.15, 0.2) is 0 Å². The van der Waals surface area contributed by atoms with Crippen molar-refractivity contribution >= 4 is 20.2 Å². The van der Waals surface area contributed by atoms with E-state index in [2.05, 4.69) is 0 Å². The fourth-order valence-electron chi connectivity index (χ4n) is 2.29. The van der Waals surface area contributed by atoms with E-state index in [0.717, 1.165) is 25.7 Å². The Hall–Kier alpha value is -0.180. The van der Waals surface area contributed by atoms with Gasteiger partial charge in [-0.1, -0.05) is 34.6 Å². The van der Waals surface area contributed by atoms with Crippen LogP contribution >= 0.6 is 0 Å². The number of hydrogen-bond acceptors (Lipinski definition) is 5. The van der Waals surface area contributed by atoms with Crippen molar-refractivity contribution in [3.8, 4) is 0 Å². The Kier molecular flexibility index (Phi) is 8.20. The van der Waals surface area contributed by atoms with Gasteiger partial charge in [-0.05, 0) is 44.9 Å². The van der Waals surface area contributed by atoms with Crippen molar-refractivity contribution in [2.45, 2.75) is 89.1 Å². The van der Waals surface area contributed by atoms with Crippen molar-refractivity contribution in [3.63, 3.8) is 0 Å². The van der Waals surface area contributed by atoms with Gasteiger partial charge in [-0.3, -0.25) is 8.74 Å². The van der Waals surface area contributed by atoms with Gasteiger partial charge in [0.25, 0.3) is 20.2 Å². The SMILES string of the molecule is C.CCC1(S(=O)(=O)O)CC1.CCCCOS(=O)(=O)C1(CC)CC1. The van der Waals surface area contributed by atoms with Crippen LogP contribution in [0, 0.1) is 0 Å². The van der Waals surface area contributed by atoms with E-state index in [-0.39, 0.29) is 7.43 Å². The van der Waals surface area contributed by atoms with Crippen LogP contribution in [0.5, 0.6) is 0 Å². The lowest BCUT2D eigenvalue weighted by Crippen LogP contribution is -2.24. The highest BCUT2D eigenvalue weighted by Crippen LogP contribution is 2.47. The van der Waals surface area contributed by atoms with Crippen molar-refractivity contribution in [2.24, 2.45) is 0 Å². The number of hydrogen-bond donors (Lipinski definition) is 1. The third-order valence-corrected chi connectivity index (χ3v) is 8.74. The highest BCUT2D eigenvalue weighted by molar-refractivity contribution is 7.88. The minimum Gasteiger partial charge on any atom is -0.285 e. The molecule has 2 rings (SSSR count). The average Bonchev–Trinajstić information content (AvgIpc) is 3.30.